The second kappa shape index (κ2) is 6.16. The molecule has 0 spiro atoms. The second-order valence-electron chi connectivity index (χ2n) is 7.48. The van der Waals surface area contributed by atoms with Gasteiger partial charge in [-0.25, -0.2) is 4.98 Å². The summed E-state index contributed by atoms with van der Waals surface area (Å²) in [5, 5.41) is 3.47. The van der Waals surface area contributed by atoms with Crippen molar-refractivity contribution in [2.75, 3.05) is 7.11 Å². The fourth-order valence-electron chi connectivity index (χ4n) is 4.76. The molecule has 4 aromatic rings. The number of aromatic nitrogens is 1. The number of nitrogens with zero attached hydrogens (tertiary/aromatic N) is 1. The Labute approximate surface area is 164 Å². The zero-order valence-electron chi connectivity index (χ0n) is 16.0. The van der Waals surface area contributed by atoms with E-state index in [1.54, 1.807) is 0 Å². The zero-order valence-corrected chi connectivity index (χ0v) is 16.0. The first-order valence-electron chi connectivity index (χ1n) is 9.67. The molecular formula is C25H21NO2. The predicted molar refractivity (Wildman–Crippen MR) is 112 cm³/mol. The molecule has 1 aliphatic carbocycles. The van der Waals surface area contributed by atoms with E-state index in [-0.39, 0.29) is 5.97 Å². The Morgan fingerprint density at radius 3 is 2.50 bits per heavy atom. The summed E-state index contributed by atoms with van der Waals surface area (Å²) in [7, 11) is 1.46. The Kier molecular flexibility index (Phi) is 3.73. The SMILES string of the molecule is CCC1(CC(=O)OC)c2cc3ccccc3nc2-c2c1ccc1ccccc21. The second-order valence-corrected chi connectivity index (χ2v) is 7.48. The van der Waals surface area contributed by atoms with Crippen molar-refractivity contribution in [3.8, 4) is 11.3 Å². The maximum atomic E-state index is 12.4. The molecule has 1 atom stereocenters. The molecule has 1 aliphatic rings. The van der Waals surface area contributed by atoms with Crippen LogP contribution in [-0.4, -0.2) is 18.1 Å². The van der Waals surface area contributed by atoms with E-state index >= 15 is 0 Å². The van der Waals surface area contributed by atoms with Gasteiger partial charge >= 0.3 is 5.97 Å². The van der Waals surface area contributed by atoms with Crippen LogP contribution in [0.1, 0.15) is 30.9 Å². The third-order valence-corrected chi connectivity index (χ3v) is 6.20. The maximum absolute atomic E-state index is 12.4. The summed E-state index contributed by atoms with van der Waals surface area (Å²) in [4.78, 5) is 17.5. The summed E-state index contributed by atoms with van der Waals surface area (Å²) in [6, 6.07) is 23.1. The molecule has 0 amide bonds. The summed E-state index contributed by atoms with van der Waals surface area (Å²) >= 11 is 0. The predicted octanol–water partition coefficient (Wildman–Crippen LogP) is 5.63. The lowest BCUT2D eigenvalue weighted by Crippen LogP contribution is -2.28. The van der Waals surface area contributed by atoms with Crippen molar-refractivity contribution in [2.45, 2.75) is 25.2 Å². The van der Waals surface area contributed by atoms with Crippen molar-refractivity contribution < 1.29 is 9.53 Å². The highest BCUT2D eigenvalue weighted by atomic mass is 16.5. The van der Waals surface area contributed by atoms with Crippen LogP contribution in [0.25, 0.3) is 32.9 Å². The monoisotopic (exact) mass is 367 g/mol. The number of benzene rings is 3. The minimum Gasteiger partial charge on any atom is -0.469 e. The van der Waals surface area contributed by atoms with Gasteiger partial charge in [0.05, 0.1) is 24.7 Å². The van der Waals surface area contributed by atoms with Crippen molar-refractivity contribution in [3.05, 3.63) is 77.9 Å². The molecule has 3 heteroatoms. The molecule has 3 nitrogen and oxygen atoms in total. The first-order chi connectivity index (χ1) is 13.7. The van der Waals surface area contributed by atoms with Gasteiger partial charge in [0, 0.05) is 16.4 Å². The Bertz CT molecular complexity index is 1240. The smallest absolute Gasteiger partial charge is 0.306 e. The molecule has 0 radical (unpaired) electrons. The first kappa shape index (κ1) is 16.9. The van der Waals surface area contributed by atoms with E-state index in [1.807, 2.05) is 18.2 Å². The number of esters is 1. The topological polar surface area (TPSA) is 39.2 Å². The number of rotatable bonds is 3. The lowest BCUT2D eigenvalue weighted by Gasteiger charge is -2.29. The van der Waals surface area contributed by atoms with Gasteiger partial charge < -0.3 is 4.74 Å². The van der Waals surface area contributed by atoms with Gasteiger partial charge in [-0.3, -0.25) is 4.79 Å². The third-order valence-electron chi connectivity index (χ3n) is 6.20. The molecule has 1 unspecified atom stereocenters. The summed E-state index contributed by atoms with van der Waals surface area (Å²) < 4.78 is 5.08. The van der Waals surface area contributed by atoms with E-state index < -0.39 is 5.41 Å². The number of carbonyl (C=O) groups is 1. The van der Waals surface area contributed by atoms with Gasteiger partial charge in [0.1, 0.15) is 0 Å². The molecule has 0 N–H and O–H groups in total. The molecule has 1 heterocycles. The fraction of sp³-hybridized carbons (Fsp3) is 0.200. The van der Waals surface area contributed by atoms with E-state index in [9.17, 15) is 4.79 Å². The van der Waals surface area contributed by atoms with Crippen molar-refractivity contribution in [1.29, 1.82) is 0 Å². The van der Waals surface area contributed by atoms with E-state index in [0.29, 0.717) is 6.42 Å². The molecule has 0 fully saturated rings. The summed E-state index contributed by atoms with van der Waals surface area (Å²) in [5.41, 5.74) is 5.02. The number of pyridine rings is 1. The van der Waals surface area contributed by atoms with Crippen LogP contribution < -0.4 is 0 Å². The Hall–Kier alpha value is -3.20. The van der Waals surface area contributed by atoms with Gasteiger partial charge in [-0.1, -0.05) is 61.5 Å². The van der Waals surface area contributed by atoms with Crippen LogP contribution in [0.5, 0.6) is 0 Å². The average Bonchev–Trinajstić information content (AvgIpc) is 3.01. The molecule has 138 valence electrons. The van der Waals surface area contributed by atoms with Gasteiger partial charge in [0.2, 0.25) is 0 Å². The Morgan fingerprint density at radius 1 is 0.964 bits per heavy atom. The molecule has 0 aliphatic heterocycles. The number of para-hydroxylation sites is 1. The van der Waals surface area contributed by atoms with Crippen LogP contribution in [0.15, 0.2) is 66.7 Å². The highest BCUT2D eigenvalue weighted by molar-refractivity contribution is 6.03. The number of ether oxygens (including phenoxy) is 1. The van der Waals surface area contributed by atoms with Gasteiger partial charge in [0.15, 0.2) is 0 Å². The summed E-state index contributed by atoms with van der Waals surface area (Å²) in [6.45, 7) is 2.15. The minimum absolute atomic E-state index is 0.193. The normalized spacial score (nSPS) is 17.5. The van der Waals surface area contributed by atoms with E-state index in [4.69, 9.17) is 9.72 Å². The minimum atomic E-state index is -0.418. The van der Waals surface area contributed by atoms with Crippen molar-refractivity contribution in [2.24, 2.45) is 0 Å². The number of hydrogen-bond donors (Lipinski definition) is 0. The van der Waals surface area contributed by atoms with Crippen LogP contribution >= 0.6 is 0 Å². The first-order valence-corrected chi connectivity index (χ1v) is 9.67. The standard InChI is InChI=1S/C25H21NO2/c1-3-25(15-22(27)28-2)19-13-12-16-8-4-6-10-18(16)23(19)24-20(25)14-17-9-5-7-11-21(17)26-24/h4-14H,3,15H2,1-2H3. The van der Waals surface area contributed by atoms with Crippen molar-refractivity contribution in [1.82, 2.24) is 4.98 Å². The van der Waals surface area contributed by atoms with Gasteiger partial charge in [0.25, 0.3) is 0 Å². The number of fused-ring (bicyclic) bond motifs is 6. The highest BCUT2D eigenvalue weighted by Crippen LogP contribution is 2.54. The van der Waals surface area contributed by atoms with Crippen LogP contribution in [0, 0.1) is 0 Å². The fourth-order valence-corrected chi connectivity index (χ4v) is 4.76. The molecule has 5 rings (SSSR count). The maximum Gasteiger partial charge on any atom is 0.306 e. The summed E-state index contributed by atoms with van der Waals surface area (Å²) in [5.74, 6) is -0.193. The number of hydrogen-bond acceptors (Lipinski definition) is 3. The van der Waals surface area contributed by atoms with Crippen molar-refractivity contribution in [3.63, 3.8) is 0 Å². The van der Waals surface area contributed by atoms with Crippen LogP contribution in [0.2, 0.25) is 0 Å². The molecule has 0 saturated heterocycles. The molecule has 0 saturated carbocycles. The Morgan fingerprint density at radius 2 is 1.71 bits per heavy atom. The van der Waals surface area contributed by atoms with Gasteiger partial charge in [-0.2, -0.15) is 0 Å². The molecule has 1 aromatic heterocycles. The zero-order chi connectivity index (χ0) is 19.3. The van der Waals surface area contributed by atoms with E-state index in [2.05, 4.69) is 55.5 Å². The van der Waals surface area contributed by atoms with Crippen molar-refractivity contribution >= 4 is 27.6 Å². The summed E-state index contributed by atoms with van der Waals surface area (Å²) in [6.07, 6.45) is 1.12. The lowest BCUT2D eigenvalue weighted by atomic mass is 9.73. The van der Waals surface area contributed by atoms with Crippen LogP contribution in [0.3, 0.4) is 0 Å². The number of carbonyl (C=O) groups excluding carboxylic acids is 1. The average molecular weight is 367 g/mol. The highest BCUT2D eigenvalue weighted by Gasteiger charge is 2.45. The Balaban J connectivity index is 1.92. The van der Waals surface area contributed by atoms with Crippen LogP contribution in [0.4, 0.5) is 0 Å². The van der Waals surface area contributed by atoms with Gasteiger partial charge in [-0.15, -0.1) is 0 Å². The quantitative estimate of drug-likeness (QED) is 0.441. The van der Waals surface area contributed by atoms with Gasteiger partial charge in [-0.05, 0) is 40.5 Å². The lowest BCUT2D eigenvalue weighted by molar-refractivity contribution is -0.141. The number of methoxy groups -OCH3 is 1. The third kappa shape index (κ3) is 2.22. The molecule has 0 bridgehead atoms. The van der Waals surface area contributed by atoms with E-state index in [0.717, 1.165) is 34.1 Å². The van der Waals surface area contributed by atoms with Crippen LogP contribution in [-0.2, 0) is 14.9 Å². The molecule has 3 aromatic carbocycles. The van der Waals surface area contributed by atoms with E-state index in [1.165, 1.54) is 23.4 Å². The molecule has 28 heavy (non-hydrogen) atoms. The molecular weight excluding hydrogens is 346 g/mol. The largest absolute Gasteiger partial charge is 0.469 e.